The Hall–Kier alpha value is -0.740. The normalized spacial score (nSPS) is 20.9. The number of rotatable bonds is 4. The first-order chi connectivity index (χ1) is 8.86. The lowest BCUT2D eigenvalue weighted by Crippen LogP contribution is -2.30. The summed E-state index contributed by atoms with van der Waals surface area (Å²) in [5.41, 5.74) is 1.30. The minimum Gasteiger partial charge on any atom is -0.300 e. The average molecular weight is 280 g/mol. The third kappa shape index (κ3) is 3.86. The topological polar surface area (TPSA) is 33.2 Å². The molecule has 2 rings (SSSR count). The van der Waals surface area contributed by atoms with E-state index in [1.54, 1.807) is 18.3 Å². The van der Waals surface area contributed by atoms with Crippen LogP contribution in [0.2, 0.25) is 0 Å². The highest BCUT2D eigenvalue weighted by atomic mass is 32.1. The van der Waals surface area contributed by atoms with Gasteiger partial charge in [-0.25, -0.2) is 4.98 Å². The Morgan fingerprint density at radius 2 is 2.26 bits per heavy atom. The lowest BCUT2D eigenvalue weighted by atomic mass is 9.93. The van der Waals surface area contributed by atoms with Crippen molar-refractivity contribution in [1.82, 2.24) is 9.88 Å². The molecule has 19 heavy (non-hydrogen) atoms. The Morgan fingerprint density at radius 3 is 2.84 bits per heavy atom. The maximum atomic E-state index is 11.3. The largest absolute Gasteiger partial charge is 0.300 e. The summed E-state index contributed by atoms with van der Waals surface area (Å²) in [7, 11) is 0. The molecule has 2 heterocycles. The van der Waals surface area contributed by atoms with Crippen molar-refractivity contribution in [1.29, 1.82) is 0 Å². The second kappa shape index (κ2) is 5.71. The Kier molecular flexibility index (Phi) is 4.41. The van der Waals surface area contributed by atoms with E-state index in [1.807, 2.05) is 0 Å². The van der Waals surface area contributed by atoms with Crippen LogP contribution in [0.15, 0.2) is 5.38 Å². The standard InChI is InChI=1S/C15H24N2OS/c1-11(18)8-12-6-5-7-17(12)9-14-16-13(10-19-14)15(2,3)4/h10,12H,5-9H2,1-4H3. The second-order valence-electron chi connectivity index (χ2n) is 6.55. The van der Waals surface area contributed by atoms with Crippen LogP contribution in [0.3, 0.4) is 0 Å². The number of carbonyl (C=O) groups is 1. The van der Waals surface area contributed by atoms with Crippen LogP contribution < -0.4 is 0 Å². The van der Waals surface area contributed by atoms with Crippen LogP contribution in [0.4, 0.5) is 0 Å². The molecule has 1 saturated heterocycles. The van der Waals surface area contributed by atoms with Gasteiger partial charge in [-0.15, -0.1) is 11.3 Å². The number of carbonyl (C=O) groups excluding carboxylic acids is 1. The van der Waals surface area contributed by atoms with Crippen molar-refractivity contribution in [3.05, 3.63) is 16.1 Å². The molecule has 0 radical (unpaired) electrons. The molecule has 1 aliphatic heterocycles. The highest BCUT2D eigenvalue weighted by Crippen LogP contribution is 2.27. The molecular formula is C15H24N2OS. The van der Waals surface area contributed by atoms with Crippen molar-refractivity contribution < 1.29 is 4.79 Å². The summed E-state index contributed by atoms with van der Waals surface area (Å²) >= 11 is 1.75. The van der Waals surface area contributed by atoms with Crippen LogP contribution in [-0.2, 0) is 16.8 Å². The molecule has 0 aliphatic carbocycles. The number of thiazole rings is 1. The Labute approximate surface area is 120 Å². The van der Waals surface area contributed by atoms with Gasteiger partial charge in [-0.2, -0.15) is 0 Å². The van der Waals surface area contributed by atoms with Crippen LogP contribution in [0, 0.1) is 0 Å². The maximum absolute atomic E-state index is 11.3. The SMILES string of the molecule is CC(=O)CC1CCCN1Cc1nc(C(C)(C)C)cs1. The Bertz CT molecular complexity index is 447. The first kappa shape index (κ1) is 14.7. The van der Waals surface area contributed by atoms with Gasteiger partial charge >= 0.3 is 0 Å². The lowest BCUT2D eigenvalue weighted by Gasteiger charge is -2.22. The monoisotopic (exact) mass is 280 g/mol. The highest BCUT2D eigenvalue weighted by Gasteiger charge is 2.26. The van der Waals surface area contributed by atoms with E-state index in [-0.39, 0.29) is 5.41 Å². The first-order valence-corrected chi connectivity index (χ1v) is 7.92. The first-order valence-electron chi connectivity index (χ1n) is 7.04. The van der Waals surface area contributed by atoms with Gasteiger partial charge in [0.15, 0.2) is 0 Å². The van der Waals surface area contributed by atoms with Crippen molar-refractivity contribution in [3.8, 4) is 0 Å². The van der Waals surface area contributed by atoms with E-state index in [2.05, 4.69) is 31.1 Å². The molecule has 1 aromatic rings. The summed E-state index contributed by atoms with van der Waals surface area (Å²) in [4.78, 5) is 18.5. The van der Waals surface area contributed by atoms with Crippen molar-refractivity contribution in [2.24, 2.45) is 0 Å². The van der Waals surface area contributed by atoms with Gasteiger partial charge in [0, 0.05) is 23.3 Å². The number of aromatic nitrogens is 1. The Morgan fingerprint density at radius 1 is 1.53 bits per heavy atom. The molecule has 3 nitrogen and oxygen atoms in total. The third-order valence-electron chi connectivity index (χ3n) is 3.68. The molecule has 1 fully saturated rings. The third-order valence-corrected chi connectivity index (χ3v) is 4.51. The molecule has 1 unspecified atom stereocenters. The highest BCUT2D eigenvalue weighted by molar-refractivity contribution is 7.09. The second-order valence-corrected chi connectivity index (χ2v) is 7.49. The minimum absolute atomic E-state index is 0.124. The quantitative estimate of drug-likeness (QED) is 0.847. The van der Waals surface area contributed by atoms with Gasteiger partial charge in [-0.1, -0.05) is 20.8 Å². The predicted octanol–water partition coefficient (Wildman–Crippen LogP) is 3.38. The maximum Gasteiger partial charge on any atom is 0.131 e. The molecule has 4 heteroatoms. The van der Waals surface area contributed by atoms with E-state index in [1.165, 1.54) is 17.1 Å². The number of nitrogens with zero attached hydrogens (tertiary/aromatic N) is 2. The molecule has 0 saturated carbocycles. The van der Waals surface area contributed by atoms with Crippen LogP contribution in [0.5, 0.6) is 0 Å². The van der Waals surface area contributed by atoms with Gasteiger partial charge < -0.3 is 0 Å². The fraction of sp³-hybridized carbons (Fsp3) is 0.733. The number of hydrogen-bond acceptors (Lipinski definition) is 4. The van der Waals surface area contributed by atoms with E-state index >= 15 is 0 Å². The van der Waals surface area contributed by atoms with Crippen LogP contribution in [-0.4, -0.2) is 28.3 Å². The van der Waals surface area contributed by atoms with Crippen molar-refractivity contribution >= 4 is 17.1 Å². The van der Waals surface area contributed by atoms with E-state index in [0.29, 0.717) is 18.2 Å². The number of Topliss-reactive ketones (excluding diaryl/α,β-unsaturated/α-hetero) is 1. The summed E-state index contributed by atoms with van der Waals surface area (Å²) in [6.45, 7) is 10.3. The van der Waals surface area contributed by atoms with Gasteiger partial charge in [0.25, 0.3) is 0 Å². The molecule has 0 amide bonds. The van der Waals surface area contributed by atoms with Crippen LogP contribution >= 0.6 is 11.3 Å². The number of ketones is 1. The summed E-state index contributed by atoms with van der Waals surface area (Å²) in [5.74, 6) is 0.298. The van der Waals surface area contributed by atoms with Crippen molar-refractivity contribution in [2.45, 2.75) is 65.0 Å². The van der Waals surface area contributed by atoms with Gasteiger partial charge in [0.2, 0.25) is 0 Å². The number of likely N-dealkylation sites (tertiary alicyclic amines) is 1. The van der Waals surface area contributed by atoms with Gasteiger partial charge in [0.05, 0.1) is 12.2 Å². The van der Waals surface area contributed by atoms with E-state index in [9.17, 15) is 4.79 Å². The summed E-state index contributed by atoms with van der Waals surface area (Å²) in [6.07, 6.45) is 3.05. The lowest BCUT2D eigenvalue weighted by molar-refractivity contribution is -0.118. The summed E-state index contributed by atoms with van der Waals surface area (Å²) in [6, 6.07) is 0.430. The molecule has 1 atom stereocenters. The fourth-order valence-corrected chi connectivity index (χ4v) is 3.61. The molecule has 106 valence electrons. The van der Waals surface area contributed by atoms with Crippen LogP contribution in [0.25, 0.3) is 0 Å². The molecule has 0 N–H and O–H groups in total. The molecule has 0 spiro atoms. The van der Waals surface area contributed by atoms with Gasteiger partial charge in [0.1, 0.15) is 10.8 Å². The van der Waals surface area contributed by atoms with E-state index < -0.39 is 0 Å². The van der Waals surface area contributed by atoms with E-state index in [0.717, 1.165) is 19.5 Å². The van der Waals surface area contributed by atoms with Crippen molar-refractivity contribution in [3.63, 3.8) is 0 Å². The minimum atomic E-state index is 0.124. The average Bonchev–Trinajstić information content (AvgIpc) is 2.88. The predicted molar refractivity (Wildman–Crippen MR) is 79.5 cm³/mol. The zero-order chi connectivity index (χ0) is 14.0. The van der Waals surface area contributed by atoms with Gasteiger partial charge in [-0.3, -0.25) is 9.69 Å². The van der Waals surface area contributed by atoms with E-state index in [4.69, 9.17) is 4.98 Å². The molecular weight excluding hydrogens is 256 g/mol. The summed E-state index contributed by atoms with van der Waals surface area (Å²) < 4.78 is 0. The fourth-order valence-electron chi connectivity index (χ4n) is 2.57. The number of hydrogen-bond donors (Lipinski definition) is 0. The smallest absolute Gasteiger partial charge is 0.131 e. The van der Waals surface area contributed by atoms with Gasteiger partial charge in [-0.05, 0) is 26.3 Å². The van der Waals surface area contributed by atoms with Crippen LogP contribution in [0.1, 0.15) is 57.7 Å². The molecule has 1 aromatic heterocycles. The van der Waals surface area contributed by atoms with Crippen molar-refractivity contribution in [2.75, 3.05) is 6.54 Å². The zero-order valence-electron chi connectivity index (χ0n) is 12.4. The summed E-state index contributed by atoms with van der Waals surface area (Å²) in [5, 5.41) is 3.35. The molecule has 0 aromatic carbocycles. The molecule has 0 bridgehead atoms. The zero-order valence-corrected chi connectivity index (χ0v) is 13.2. The Balaban J connectivity index is 2.00. The molecule has 1 aliphatic rings.